The zero-order valence-electron chi connectivity index (χ0n) is 10.4. The van der Waals surface area contributed by atoms with Crippen LogP contribution in [0.2, 0.25) is 14.8 Å². The van der Waals surface area contributed by atoms with Crippen LogP contribution in [0.1, 0.15) is 17.4 Å². The third-order valence-corrected chi connectivity index (χ3v) is 7.25. The van der Waals surface area contributed by atoms with Crippen molar-refractivity contribution < 1.29 is 14.7 Å². The Labute approximate surface area is 104 Å². The summed E-state index contributed by atoms with van der Waals surface area (Å²) in [5, 5.41) is 11.6. The number of nitrogens with zero attached hydrogens (tertiary/aromatic N) is 1. The molecule has 5 nitrogen and oxygen atoms in total. The van der Waals surface area contributed by atoms with Crippen molar-refractivity contribution in [3.8, 4) is 0 Å². The molecule has 0 bridgehead atoms. The summed E-state index contributed by atoms with van der Waals surface area (Å²) in [4.78, 5) is 32.5. The molecule has 1 heterocycles. The summed E-state index contributed by atoms with van der Waals surface area (Å²) in [5.41, 5.74) is 0.490. The van der Waals surface area contributed by atoms with Gasteiger partial charge in [-0.15, -0.1) is 0 Å². The summed E-state index contributed by atoms with van der Waals surface area (Å²) in [7, 11) is 0. The summed E-state index contributed by atoms with van der Waals surface area (Å²) in [6.07, 6.45) is 0. The number of hydrogen-bond donors (Lipinski definition) is 2. The molecule has 2 N–H and O–H groups in total. The molecule has 0 aromatic carbocycles. The van der Waals surface area contributed by atoms with Gasteiger partial charge in [0.1, 0.15) is 0 Å². The number of carbonyl (C=O) groups excluding carboxylic acids is 1. The van der Waals surface area contributed by atoms with Gasteiger partial charge in [0.05, 0.1) is 0 Å². The predicted molar refractivity (Wildman–Crippen MR) is 68.5 cm³/mol. The van der Waals surface area contributed by atoms with Crippen molar-refractivity contribution in [2.45, 2.75) is 21.7 Å². The number of nitrogens with one attached hydrogen (secondary N) is 1. The monoisotopic (exact) mass is 344 g/mol. The van der Waals surface area contributed by atoms with Crippen LogP contribution in [0.15, 0.2) is 12.1 Å². The van der Waals surface area contributed by atoms with Crippen molar-refractivity contribution in [3.63, 3.8) is 0 Å². The summed E-state index contributed by atoms with van der Waals surface area (Å²) < 4.78 is 0.836. The van der Waals surface area contributed by atoms with Gasteiger partial charge < -0.3 is 0 Å². The first kappa shape index (κ1) is 14.0. The number of anilines is 1. The Morgan fingerprint density at radius 2 is 1.88 bits per heavy atom. The minimum atomic E-state index is -2.46. The van der Waals surface area contributed by atoms with Gasteiger partial charge in [0, 0.05) is 0 Å². The Bertz CT molecular complexity index is 466. The molecule has 0 aliphatic carbocycles. The van der Waals surface area contributed by atoms with Crippen LogP contribution < -0.4 is 9.03 Å². The van der Waals surface area contributed by atoms with Crippen LogP contribution in [-0.2, 0) is 4.79 Å². The van der Waals surface area contributed by atoms with Gasteiger partial charge in [0.15, 0.2) is 0 Å². The molecule has 6 heteroatoms. The van der Waals surface area contributed by atoms with Gasteiger partial charge in [-0.2, -0.15) is 0 Å². The van der Waals surface area contributed by atoms with E-state index in [2.05, 4.69) is 25.1 Å². The molecular weight excluding hydrogens is 327 g/mol. The van der Waals surface area contributed by atoms with E-state index >= 15 is 0 Å². The third-order valence-electron chi connectivity index (χ3n) is 2.13. The summed E-state index contributed by atoms with van der Waals surface area (Å²) in [5.74, 6) is -1.29. The molecule has 0 saturated carbocycles. The van der Waals surface area contributed by atoms with Crippen molar-refractivity contribution in [2.75, 3.05) is 5.32 Å². The Hall–Kier alpha value is -1.11. The van der Waals surface area contributed by atoms with Crippen LogP contribution in [0.4, 0.5) is 5.69 Å². The van der Waals surface area contributed by atoms with Crippen LogP contribution in [0, 0.1) is 0 Å². The molecular formula is C11H16N2O3Sn. The first-order valence-electron chi connectivity index (χ1n) is 5.23. The maximum absolute atomic E-state index is 11.0. The van der Waals surface area contributed by atoms with E-state index in [0.29, 0.717) is 5.69 Å². The zero-order valence-corrected chi connectivity index (χ0v) is 13.2. The quantitative estimate of drug-likeness (QED) is 0.811. The first-order valence-corrected chi connectivity index (χ1v) is 15.2. The zero-order chi connectivity index (χ0) is 13.2. The van der Waals surface area contributed by atoms with Gasteiger partial charge in [0.2, 0.25) is 0 Å². The number of hydrogen-bond acceptors (Lipinski definition) is 3. The van der Waals surface area contributed by atoms with E-state index in [1.54, 1.807) is 6.07 Å². The molecule has 1 aromatic heterocycles. The average molecular weight is 343 g/mol. The van der Waals surface area contributed by atoms with E-state index in [-0.39, 0.29) is 11.6 Å². The summed E-state index contributed by atoms with van der Waals surface area (Å²) in [6.45, 7) is 1.39. The molecule has 92 valence electrons. The Balaban J connectivity index is 3.28. The first-order chi connectivity index (χ1) is 7.70. The van der Waals surface area contributed by atoms with E-state index in [0.717, 1.165) is 3.71 Å². The number of carboxylic acids is 1. The van der Waals surface area contributed by atoms with E-state index < -0.39 is 24.3 Å². The third kappa shape index (κ3) is 3.99. The number of rotatable bonds is 3. The van der Waals surface area contributed by atoms with E-state index in [1.165, 1.54) is 13.0 Å². The molecule has 0 aliphatic heterocycles. The second-order valence-corrected chi connectivity index (χ2v) is 19.2. The number of carbonyl (C=O) groups is 2. The normalized spacial score (nSPS) is 11.1. The number of carboxylic acid groups (broad SMARTS) is 1. The summed E-state index contributed by atoms with van der Waals surface area (Å²) in [6, 6.07) is 3.16. The second-order valence-electron chi connectivity index (χ2n) is 4.86. The molecule has 0 fully saturated rings. The van der Waals surface area contributed by atoms with Gasteiger partial charge in [-0.25, -0.2) is 0 Å². The van der Waals surface area contributed by atoms with Gasteiger partial charge in [-0.1, -0.05) is 0 Å². The van der Waals surface area contributed by atoms with Gasteiger partial charge in [-0.3, -0.25) is 0 Å². The Kier molecular flexibility index (Phi) is 4.13. The number of amides is 1. The average Bonchev–Trinajstić information content (AvgIpc) is 2.14. The molecule has 0 spiro atoms. The topological polar surface area (TPSA) is 79.3 Å². The van der Waals surface area contributed by atoms with E-state index in [4.69, 9.17) is 5.11 Å². The van der Waals surface area contributed by atoms with Crippen LogP contribution in [-0.4, -0.2) is 40.3 Å². The van der Waals surface area contributed by atoms with Crippen LogP contribution in [0.5, 0.6) is 0 Å². The van der Waals surface area contributed by atoms with Crippen LogP contribution in [0.3, 0.4) is 0 Å². The van der Waals surface area contributed by atoms with Crippen LogP contribution >= 0.6 is 0 Å². The van der Waals surface area contributed by atoms with Gasteiger partial charge in [-0.05, 0) is 0 Å². The molecule has 17 heavy (non-hydrogen) atoms. The van der Waals surface area contributed by atoms with Crippen molar-refractivity contribution in [3.05, 3.63) is 17.8 Å². The molecule has 1 amide bonds. The summed E-state index contributed by atoms with van der Waals surface area (Å²) >= 11 is -2.46. The fraction of sp³-hybridized carbons (Fsp3) is 0.364. The Morgan fingerprint density at radius 3 is 2.29 bits per heavy atom. The van der Waals surface area contributed by atoms with Gasteiger partial charge >= 0.3 is 104 Å². The molecule has 0 aliphatic rings. The number of pyridine rings is 1. The standard InChI is InChI=1S/C8H7N2O3.3CH3.Sn/c1-5(11)10-6-2-3-9-7(4-6)8(12)13;;;;/h2,4H,1H3,(H,12,13)(H,9,10,11);3*1H3;. The van der Waals surface area contributed by atoms with E-state index in [1.807, 2.05) is 0 Å². The van der Waals surface area contributed by atoms with Crippen molar-refractivity contribution >= 4 is 39.7 Å². The molecule has 0 unspecified atom stereocenters. The molecule has 1 rings (SSSR count). The van der Waals surface area contributed by atoms with Gasteiger partial charge in [0.25, 0.3) is 0 Å². The second kappa shape index (κ2) is 5.03. The van der Waals surface area contributed by atoms with Crippen molar-refractivity contribution in [1.29, 1.82) is 0 Å². The Morgan fingerprint density at radius 1 is 1.29 bits per heavy atom. The minimum absolute atomic E-state index is 0.0159. The number of aromatic nitrogens is 1. The molecule has 1 aromatic rings. The molecule has 0 radical (unpaired) electrons. The fourth-order valence-corrected chi connectivity index (χ4v) is 4.28. The molecule has 0 saturated heterocycles. The molecule has 0 atom stereocenters. The van der Waals surface area contributed by atoms with Crippen molar-refractivity contribution in [1.82, 2.24) is 4.98 Å². The number of aromatic carboxylic acids is 1. The fourth-order valence-electron chi connectivity index (χ4n) is 1.30. The maximum atomic E-state index is 11.0. The van der Waals surface area contributed by atoms with E-state index in [9.17, 15) is 9.59 Å². The SMILES string of the molecule is CC(=O)Nc1cc(C(=O)O)n[c]([Sn]([CH3])([CH3])[CH3])c1. The van der Waals surface area contributed by atoms with Crippen molar-refractivity contribution in [2.24, 2.45) is 0 Å². The van der Waals surface area contributed by atoms with Crippen LogP contribution in [0.25, 0.3) is 0 Å². The predicted octanol–water partition coefficient (Wildman–Crippen LogP) is 1.28.